The molecule has 1 atom stereocenters. The van der Waals surface area contributed by atoms with E-state index < -0.39 is 11.4 Å². The monoisotopic (exact) mass is 382 g/mol. The highest BCUT2D eigenvalue weighted by molar-refractivity contribution is 9.10. The molecule has 0 radical (unpaired) electrons. The van der Waals surface area contributed by atoms with Crippen molar-refractivity contribution in [3.63, 3.8) is 0 Å². The zero-order valence-electron chi connectivity index (χ0n) is 13.4. The molecular formula is C15H19BrN4O3. The van der Waals surface area contributed by atoms with Crippen LogP contribution in [0.15, 0.2) is 39.0 Å². The van der Waals surface area contributed by atoms with Gasteiger partial charge < -0.3 is 10.0 Å². The highest BCUT2D eigenvalue weighted by Crippen LogP contribution is 2.31. The summed E-state index contributed by atoms with van der Waals surface area (Å²) < 4.78 is 0.893. The fourth-order valence-corrected chi connectivity index (χ4v) is 2.80. The third kappa shape index (κ3) is 2.89. The number of nitrogens with one attached hydrogen (secondary N) is 1. The van der Waals surface area contributed by atoms with Gasteiger partial charge in [0.25, 0.3) is 5.91 Å². The molecule has 0 aliphatic carbocycles. The van der Waals surface area contributed by atoms with E-state index in [0.29, 0.717) is 11.4 Å². The molecule has 0 aromatic heterocycles. The molecule has 1 amide bonds. The molecule has 0 bridgehead atoms. The van der Waals surface area contributed by atoms with Crippen molar-refractivity contribution >= 4 is 38.9 Å². The number of anilines is 1. The van der Waals surface area contributed by atoms with Gasteiger partial charge in [-0.1, -0.05) is 34.9 Å². The molecule has 1 aromatic rings. The number of hydrazone groups is 1. The molecule has 7 nitrogen and oxygen atoms in total. The predicted octanol–water partition coefficient (Wildman–Crippen LogP) is 2.55. The lowest BCUT2D eigenvalue weighted by molar-refractivity contribution is -0.122. The van der Waals surface area contributed by atoms with Crippen molar-refractivity contribution in [1.82, 2.24) is 5.48 Å². The number of amides is 1. The Bertz CT molecular complexity index is 657. The average Bonchev–Trinajstić information content (AvgIpc) is 2.82. The molecule has 2 N–H and O–H groups in total. The van der Waals surface area contributed by atoms with Gasteiger partial charge in [-0.05, 0) is 37.1 Å². The van der Waals surface area contributed by atoms with Crippen LogP contribution in [0.2, 0.25) is 0 Å². The average molecular weight is 383 g/mol. The minimum Gasteiger partial charge on any atom is -0.399 e. The highest BCUT2D eigenvalue weighted by Gasteiger charge is 2.55. The maximum absolute atomic E-state index is 13.0. The molecule has 0 spiro atoms. The van der Waals surface area contributed by atoms with Gasteiger partial charge in [0, 0.05) is 4.47 Å². The summed E-state index contributed by atoms with van der Waals surface area (Å²) in [6, 6.07) is 7.16. The largest absolute Gasteiger partial charge is 0.399 e. The fourth-order valence-electron chi connectivity index (χ4n) is 2.53. The number of carbonyl (C=O) groups excluding carboxylic acids is 1. The van der Waals surface area contributed by atoms with Crippen LogP contribution in [0, 0.1) is 5.92 Å². The maximum Gasteiger partial charge on any atom is 0.281 e. The van der Waals surface area contributed by atoms with E-state index in [0.717, 1.165) is 4.47 Å². The van der Waals surface area contributed by atoms with Crippen molar-refractivity contribution in [2.45, 2.75) is 26.3 Å². The van der Waals surface area contributed by atoms with E-state index in [1.54, 1.807) is 19.1 Å². The van der Waals surface area contributed by atoms with Crippen LogP contribution in [-0.2, 0) is 9.63 Å². The van der Waals surface area contributed by atoms with E-state index in [-0.39, 0.29) is 11.6 Å². The number of rotatable bonds is 5. The zero-order valence-corrected chi connectivity index (χ0v) is 15.0. The van der Waals surface area contributed by atoms with Gasteiger partial charge in [-0.25, -0.2) is 0 Å². The molecule has 1 aliphatic heterocycles. The number of nitrogens with zero attached hydrogens (tertiary/aromatic N) is 3. The molecule has 1 unspecified atom stereocenters. The van der Waals surface area contributed by atoms with Crippen molar-refractivity contribution in [3.8, 4) is 0 Å². The standard InChI is InChI=1S/C15H19BrN4O3/c1-9(2)13-15(19-22,10(3)18-23-4)14(21)20(17-13)12-7-5-11(16)6-8-12/h5-9,19,22H,1-4H3. The molecule has 0 fully saturated rings. The number of halogens is 1. The van der Waals surface area contributed by atoms with Gasteiger partial charge in [0.1, 0.15) is 7.11 Å². The second kappa shape index (κ2) is 6.77. The number of hydrogen-bond acceptors (Lipinski definition) is 6. The lowest BCUT2D eigenvalue weighted by Gasteiger charge is -2.28. The van der Waals surface area contributed by atoms with Gasteiger partial charge in [-0.15, -0.1) is 0 Å². The van der Waals surface area contributed by atoms with Gasteiger partial charge in [-0.3, -0.25) is 4.79 Å². The molecule has 1 aromatic carbocycles. The molecule has 2 rings (SSSR count). The lowest BCUT2D eigenvalue weighted by Crippen LogP contribution is -2.62. The number of hydroxylamine groups is 1. The molecule has 1 heterocycles. The summed E-state index contributed by atoms with van der Waals surface area (Å²) >= 11 is 3.36. The predicted molar refractivity (Wildman–Crippen MR) is 91.7 cm³/mol. The second-order valence-electron chi connectivity index (χ2n) is 5.45. The summed E-state index contributed by atoms with van der Waals surface area (Å²) in [6.45, 7) is 5.39. The molecule has 0 saturated heterocycles. The van der Waals surface area contributed by atoms with Gasteiger partial charge in [0.2, 0.25) is 5.54 Å². The first-order valence-electron chi connectivity index (χ1n) is 7.07. The van der Waals surface area contributed by atoms with Crippen molar-refractivity contribution in [2.24, 2.45) is 16.2 Å². The van der Waals surface area contributed by atoms with Gasteiger partial charge >= 0.3 is 0 Å². The highest BCUT2D eigenvalue weighted by atomic mass is 79.9. The third-order valence-electron chi connectivity index (χ3n) is 3.66. The zero-order chi connectivity index (χ0) is 17.2. The quantitative estimate of drug-likeness (QED) is 0.605. The Labute approximate surface area is 143 Å². The van der Waals surface area contributed by atoms with Crippen molar-refractivity contribution < 1.29 is 14.8 Å². The Morgan fingerprint density at radius 3 is 2.52 bits per heavy atom. The van der Waals surface area contributed by atoms with Gasteiger partial charge in [-0.2, -0.15) is 15.6 Å². The molecule has 1 aliphatic rings. The van der Waals surface area contributed by atoms with Crippen molar-refractivity contribution in [1.29, 1.82) is 0 Å². The Morgan fingerprint density at radius 2 is 2.04 bits per heavy atom. The number of benzene rings is 1. The Hall–Kier alpha value is -1.77. The van der Waals surface area contributed by atoms with Crippen LogP contribution < -0.4 is 10.5 Å². The summed E-state index contributed by atoms with van der Waals surface area (Å²) in [5.41, 5.74) is 1.92. The minimum atomic E-state index is -1.53. The van der Waals surface area contributed by atoms with E-state index in [4.69, 9.17) is 4.84 Å². The van der Waals surface area contributed by atoms with Crippen molar-refractivity contribution in [3.05, 3.63) is 28.7 Å². The van der Waals surface area contributed by atoms with Crippen LogP contribution in [0.1, 0.15) is 20.8 Å². The Morgan fingerprint density at radius 1 is 1.43 bits per heavy atom. The van der Waals surface area contributed by atoms with E-state index in [2.05, 4.69) is 31.7 Å². The number of oxime groups is 1. The first kappa shape index (κ1) is 17.6. The van der Waals surface area contributed by atoms with Crippen LogP contribution in [0.4, 0.5) is 5.69 Å². The van der Waals surface area contributed by atoms with Crippen molar-refractivity contribution in [2.75, 3.05) is 12.1 Å². The minimum absolute atomic E-state index is 0.0962. The van der Waals surface area contributed by atoms with Gasteiger partial charge in [0.15, 0.2) is 0 Å². The van der Waals surface area contributed by atoms with Crippen LogP contribution in [0.3, 0.4) is 0 Å². The van der Waals surface area contributed by atoms with Crippen LogP contribution in [0.5, 0.6) is 0 Å². The molecule has 23 heavy (non-hydrogen) atoms. The fraction of sp³-hybridized carbons (Fsp3) is 0.400. The maximum atomic E-state index is 13.0. The van der Waals surface area contributed by atoms with E-state index >= 15 is 0 Å². The smallest absolute Gasteiger partial charge is 0.281 e. The topological polar surface area (TPSA) is 86.5 Å². The molecule has 8 heteroatoms. The summed E-state index contributed by atoms with van der Waals surface area (Å²) in [5, 5.41) is 19.3. The molecule has 0 saturated carbocycles. The van der Waals surface area contributed by atoms with Crippen LogP contribution in [0.25, 0.3) is 0 Å². The van der Waals surface area contributed by atoms with Crippen LogP contribution in [-0.4, -0.2) is 35.2 Å². The van der Waals surface area contributed by atoms with Crippen LogP contribution >= 0.6 is 15.9 Å². The van der Waals surface area contributed by atoms with E-state index in [1.807, 2.05) is 26.0 Å². The third-order valence-corrected chi connectivity index (χ3v) is 4.19. The lowest BCUT2D eigenvalue weighted by atomic mass is 9.83. The normalized spacial score (nSPS) is 21.9. The number of hydrogen-bond donors (Lipinski definition) is 2. The SMILES string of the molecule is CON=C(C)C1(NO)C(=O)N(c2ccc(Br)cc2)N=C1C(C)C. The Kier molecular flexibility index (Phi) is 5.18. The Balaban J connectivity index is 2.57. The first-order valence-corrected chi connectivity index (χ1v) is 7.86. The summed E-state index contributed by atoms with van der Waals surface area (Å²) in [5.74, 6) is -0.537. The first-order chi connectivity index (χ1) is 10.9. The second-order valence-corrected chi connectivity index (χ2v) is 6.37. The number of carbonyl (C=O) groups is 1. The van der Waals surface area contributed by atoms with E-state index in [1.165, 1.54) is 12.1 Å². The molecular weight excluding hydrogens is 364 g/mol. The molecule has 124 valence electrons. The summed E-state index contributed by atoms with van der Waals surface area (Å²) in [6.07, 6.45) is 0. The summed E-state index contributed by atoms with van der Waals surface area (Å²) in [4.78, 5) is 17.8. The van der Waals surface area contributed by atoms with E-state index in [9.17, 15) is 10.0 Å². The summed E-state index contributed by atoms with van der Waals surface area (Å²) in [7, 11) is 1.38. The van der Waals surface area contributed by atoms with Gasteiger partial charge in [0.05, 0.1) is 17.1 Å².